The number of hydrogen-bond donors (Lipinski definition) is 0. The molecule has 0 N–H and O–H groups in total. The van der Waals surface area contributed by atoms with Crippen LogP contribution in [-0.4, -0.2) is 32.3 Å². The van der Waals surface area contributed by atoms with Gasteiger partial charge in [0.15, 0.2) is 11.5 Å². The van der Waals surface area contributed by atoms with E-state index in [1.165, 1.54) is 12.0 Å². The molecule has 0 unspecified atom stereocenters. The second kappa shape index (κ2) is 7.00. The van der Waals surface area contributed by atoms with Crippen LogP contribution in [0, 0.1) is 5.92 Å². The lowest BCUT2D eigenvalue weighted by Gasteiger charge is -2.19. The highest BCUT2D eigenvalue weighted by atomic mass is 35.5. The highest BCUT2D eigenvalue weighted by molar-refractivity contribution is 6.31. The normalized spacial score (nSPS) is 17.9. The van der Waals surface area contributed by atoms with Gasteiger partial charge < -0.3 is 23.8 Å². The molecule has 0 spiro atoms. The van der Waals surface area contributed by atoms with Crippen LogP contribution < -0.4 is 23.8 Å². The van der Waals surface area contributed by atoms with E-state index in [2.05, 4.69) is 0 Å². The maximum atomic E-state index is 12.5. The third kappa shape index (κ3) is 3.38. The van der Waals surface area contributed by atoms with E-state index in [1.807, 2.05) is 0 Å². The number of halogens is 1. The number of benzene rings is 2. The SMILES string of the molecule is COc1ccc(Cl)cc1N1C[C@@H](C(=O)Oc2ccc3c(c2)OCO3)CC1=O. The molecule has 1 fully saturated rings. The van der Waals surface area contributed by atoms with E-state index in [4.69, 9.17) is 30.5 Å². The Balaban J connectivity index is 1.49. The molecule has 27 heavy (non-hydrogen) atoms. The van der Waals surface area contributed by atoms with Crippen molar-refractivity contribution in [3.05, 3.63) is 41.4 Å². The molecule has 7 nitrogen and oxygen atoms in total. The summed E-state index contributed by atoms with van der Waals surface area (Å²) in [5.74, 6) is 0.715. The van der Waals surface area contributed by atoms with Gasteiger partial charge >= 0.3 is 5.97 Å². The van der Waals surface area contributed by atoms with Crippen molar-refractivity contribution in [1.29, 1.82) is 0 Å². The molecule has 1 saturated heterocycles. The van der Waals surface area contributed by atoms with Crippen molar-refractivity contribution in [3.63, 3.8) is 0 Å². The molecule has 1 amide bonds. The van der Waals surface area contributed by atoms with Crippen molar-refractivity contribution < 1.29 is 28.5 Å². The van der Waals surface area contributed by atoms with Crippen LogP contribution in [0.4, 0.5) is 5.69 Å². The average Bonchev–Trinajstić information content (AvgIpc) is 3.27. The zero-order chi connectivity index (χ0) is 19.0. The fourth-order valence-electron chi connectivity index (χ4n) is 3.11. The summed E-state index contributed by atoms with van der Waals surface area (Å²) in [6.07, 6.45) is 0.0546. The lowest BCUT2D eigenvalue weighted by atomic mass is 10.1. The molecule has 0 bridgehead atoms. The number of methoxy groups -OCH3 is 1. The minimum Gasteiger partial charge on any atom is -0.495 e. The van der Waals surface area contributed by atoms with Crippen molar-refractivity contribution in [1.82, 2.24) is 0 Å². The minimum absolute atomic E-state index is 0.0546. The Labute approximate surface area is 160 Å². The summed E-state index contributed by atoms with van der Waals surface area (Å²) in [5.41, 5.74) is 0.536. The molecule has 2 aliphatic rings. The first-order valence-electron chi connectivity index (χ1n) is 8.30. The van der Waals surface area contributed by atoms with E-state index >= 15 is 0 Å². The van der Waals surface area contributed by atoms with Gasteiger partial charge in [-0.25, -0.2) is 0 Å². The number of esters is 1. The highest BCUT2D eigenvalue weighted by Gasteiger charge is 2.37. The summed E-state index contributed by atoms with van der Waals surface area (Å²) >= 11 is 6.05. The largest absolute Gasteiger partial charge is 0.495 e. The number of ether oxygens (including phenoxy) is 4. The van der Waals surface area contributed by atoms with E-state index in [-0.39, 0.29) is 25.7 Å². The molecule has 0 radical (unpaired) electrons. The topological polar surface area (TPSA) is 74.3 Å². The summed E-state index contributed by atoms with van der Waals surface area (Å²) in [6, 6.07) is 9.89. The molecular formula is C19H16ClNO6. The molecule has 2 aliphatic heterocycles. The van der Waals surface area contributed by atoms with Gasteiger partial charge in [-0.3, -0.25) is 9.59 Å². The van der Waals surface area contributed by atoms with Crippen LogP contribution in [0.1, 0.15) is 6.42 Å². The molecule has 140 valence electrons. The van der Waals surface area contributed by atoms with Gasteiger partial charge in [0.25, 0.3) is 0 Å². The molecule has 2 heterocycles. The molecule has 0 aliphatic carbocycles. The number of fused-ring (bicyclic) bond motifs is 1. The monoisotopic (exact) mass is 389 g/mol. The van der Waals surface area contributed by atoms with Crippen LogP contribution in [0.2, 0.25) is 5.02 Å². The fourth-order valence-corrected chi connectivity index (χ4v) is 3.28. The standard InChI is InChI=1S/C19H16ClNO6/c1-24-15-4-2-12(20)7-14(15)21-9-11(6-18(21)22)19(23)27-13-3-5-16-17(8-13)26-10-25-16/h2-5,7-8,11H,6,9-10H2,1H3/t11-/m0/s1. The number of hydrogen-bond acceptors (Lipinski definition) is 6. The fraction of sp³-hybridized carbons (Fsp3) is 0.263. The van der Waals surface area contributed by atoms with E-state index in [1.54, 1.807) is 36.4 Å². The van der Waals surface area contributed by atoms with Gasteiger partial charge in [0.05, 0.1) is 18.7 Å². The summed E-state index contributed by atoms with van der Waals surface area (Å²) in [6.45, 7) is 0.333. The second-order valence-electron chi connectivity index (χ2n) is 6.16. The summed E-state index contributed by atoms with van der Waals surface area (Å²) in [7, 11) is 1.51. The number of rotatable bonds is 4. The molecule has 0 aromatic heterocycles. The number of carbonyl (C=O) groups is 2. The van der Waals surface area contributed by atoms with Gasteiger partial charge in [-0.1, -0.05) is 11.6 Å². The van der Waals surface area contributed by atoms with Crippen molar-refractivity contribution in [2.24, 2.45) is 5.92 Å². The second-order valence-corrected chi connectivity index (χ2v) is 6.59. The van der Waals surface area contributed by atoms with Gasteiger partial charge in [0.1, 0.15) is 11.5 Å². The van der Waals surface area contributed by atoms with Crippen LogP contribution >= 0.6 is 11.6 Å². The molecule has 2 aromatic rings. The summed E-state index contributed by atoms with van der Waals surface area (Å²) in [5, 5.41) is 0.477. The predicted molar refractivity (Wildman–Crippen MR) is 96.7 cm³/mol. The van der Waals surface area contributed by atoms with Crippen LogP contribution in [-0.2, 0) is 9.59 Å². The minimum atomic E-state index is -0.591. The molecule has 8 heteroatoms. The van der Waals surface area contributed by atoms with Gasteiger partial charge in [-0.15, -0.1) is 0 Å². The molecule has 4 rings (SSSR count). The predicted octanol–water partition coefficient (Wildman–Crippen LogP) is 3.04. The molecule has 1 atom stereocenters. The molecular weight excluding hydrogens is 374 g/mol. The quantitative estimate of drug-likeness (QED) is 0.591. The van der Waals surface area contributed by atoms with E-state index in [9.17, 15) is 9.59 Å². The number of anilines is 1. The maximum Gasteiger partial charge on any atom is 0.316 e. The Hall–Kier alpha value is -2.93. The van der Waals surface area contributed by atoms with E-state index in [0.717, 1.165) is 0 Å². The van der Waals surface area contributed by atoms with Gasteiger partial charge in [-0.05, 0) is 30.3 Å². The lowest BCUT2D eigenvalue weighted by molar-refractivity contribution is -0.139. The van der Waals surface area contributed by atoms with Gasteiger partial charge in [0, 0.05) is 24.1 Å². The van der Waals surface area contributed by atoms with Crippen molar-refractivity contribution >= 4 is 29.2 Å². The Morgan fingerprint density at radius 2 is 2.00 bits per heavy atom. The van der Waals surface area contributed by atoms with Gasteiger partial charge in [-0.2, -0.15) is 0 Å². The smallest absolute Gasteiger partial charge is 0.316 e. The maximum absolute atomic E-state index is 12.5. The van der Waals surface area contributed by atoms with Crippen molar-refractivity contribution in [2.75, 3.05) is 25.3 Å². The first-order chi connectivity index (χ1) is 13.0. The zero-order valence-electron chi connectivity index (χ0n) is 14.4. The highest BCUT2D eigenvalue weighted by Crippen LogP contribution is 2.37. The Morgan fingerprint density at radius 3 is 2.81 bits per heavy atom. The number of amides is 1. The van der Waals surface area contributed by atoms with E-state index in [0.29, 0.717) is 33.7 Å². The Morgan fingerprint density at radius 1 is 1.19 bits per heavy atom. The first-order valence-corrected chi connectivity index (χ1v) is 8.68. The van der Waals surface area contributed by atoms with E-state index < -0.39 is 11.9 Å². The average molecular weight is 390 g/mol. The van der Waals surface area contributed by atoms with Crippen molar-refractivity contribution in [3.8, 4) is 23.0 Å². The Kier molecular flexibility index (Phi) is 4.53. The lowest BCUT2D eigenvalue weighted by Crippen LogP contribution is -2.27. The number of carbonyl (C=O) groups excluding carboxylic acids is 2. The van der Waals surface area contributed by atoms with Crippen LogP contribution in [0.5, 0.6) is 23.0 Å². The van der Waals surface area contributed by atoms with Crippen molar-refractivity contribution in [2.45, 2.75) is 6.42 Å². The summed E-state index contributed by atoms with van der Waals surface area (Å²) in [4.78, 5) is 26.5. The van der Waals surface area contributed by atoms with Crippen LogP contribution in [0.15, 0.2) is 36.4 Å². The summed E-state index contributed by atoms with van der Waals surface area (Å²) < 4.78 is 21.2. The number of nitrogens with zero attached hydrogens (tertiary/aromatic N) is 1. The zero-order valence-corrected chi connectivity index (χ0v) is 15.2. The van der Waals surface area contributed by atoms with Crippen LogP contribution in [0.25, 0.3) is 0 Å². The molecule has 2 aromatic carbocycles. The Bertz CT molecular complexity index is 915. The third-order valence-corrected chi connectivity index (χ3v) is 4.69. The first kappa shape index (κ1) is 17.5. The van der Waals surface area contributed by atoms with Crippen LogP contribution in [0.3, 0.4) is 0 Å². The molecule has 0 saturated carbocycles. The van der Waals surface area contributed by atoms with Gasteiger partial charge in [0.2, 0.25) is 12.7 Å². The third-order valence-electron chi connectivity index (χ3n) is 4.45.